The Bertz CT molecular complexity index is 901. The van der Waals surface area contributed by atoms with E-state index in [1.807, 2.05) is 19.9 Å². The number of ether oxygens (including phenoxy) is 1. The van der Waals surface area contributed by atoms with Gasteiger partial charge in [0.15, 0.2) is 0 Å². The highest BCUT2D eigenvalue weighted by Gasteiger charge is 2.41. The maximum Gasteiger partial charge on any atom is 0.407 e. The van der Waals surface area contributed by atoms with Gasteiger partial charge in [0.05, 0.1) is 37.0 Å². The normalized spacial score (nSPS) is 24.3. The molecule has 0 aromatic carbocycles. The molecule has 0 saturated carbocycles. The zero-order chi connectivity index (χ0) is 21.8. The Labute approximate surface area is 184 Å². The molecule has 1 aliphatic carbocycles. The second-order valence-electron chi connectivity index (χ2n) is 7.88. The van der Waals surface area contributed by atoms with Gasteiger partial charge < -0.3 is 19.9 Å². The number of likely N-dealkylation sites (tertiary alicyclic amines) is 1. The molecule has 4 atom stereocenters. The molecule has 1 aromatic heterocycles. The molecule has 2 N–H and O–H groups in total. The van der Waals surface area contributed by atoms with Crippen molar-refractivity contribution in [1.29, 1.82) is 5.26 Å². The van der Waals surface area contributed by atoms with Crippen molar-refractivity contribution < 1.29 is 14.3 Å². The molecule has 0 spiro atoms. The quantitative estimate of drug-likeness (QED) is 0.634. The first kappa shape index (κ1) is 22.1. The first-order chi connectivity index (χ1) is 14.3. The third-order valence-electron chi connectivity index (χ3n) is 5.43. The summed E-state index contributed by atoms with van der Waals surface area (Å²) >= 11 is 3.56. The largest absolute Gasteiger partial charge is 0.453 e. The number of rotatable bonds is 5. The van der Waals surface area contributed by atoms with Crippen LogP contribution in [0.25, 0.3) is 5.57 Å². The van der Waals surface area contributed by atoms with Gasteiger partial charge >= 0.3 is 6.09 Å². The number of nitrogens with one attached hydrogen (secondary N) is 2. The number of alkyl halides is 1. The number of aromatic nitrogens is 2. The fourth-order valence-corrected chi connectivity index (χ4v) is 4.10. The van der Waals surface area contributed by atoms with E-state index in [2.05, 4.69) is 54.2 Å². The van der Waals surface area contributed by atoms with E-state index in [1.54, 1.807) is 11.1 Å². The third-order valence-corrected chi connectivity index (χ3v) is 6.11. The lowest BCUT2D eigenvalue weighted by Crippen LogP contribution is -2.51. The summed E-state index contributed by atoms with van der Waals surface area (Å²) in [6.07, 6.45) is 8.73. The molecule has 0 radical (unpaired) electrons. The number of carbonyl (C=O) groups is 2. The van der Waals surface area contributed by atoms with Crippen LogP contribution in [0.4, 0.5) is 4.79 Å². The molecule has 1 aliphatic heterocycles. The highest BCUT2D eigenvalue weighted by molar-refractivity contribution is 9.09. The number of hydrogen-bond acceptors (Lipinski definition) is 5. The summed E-state index contributed by atoms with van der Waals surface area (Å²) in [6, 6.07) is 1.17. The maximum absolute atomic E-state index is 13.3. The highest BCUT2D eigenvalue weighted by atomic mass is 79.9. The predicted octanol–water partition coefficient (Wildman–Crippen LogP) is 3.31. The van der Waals surface area contributed by atoms with Crippen LogP contribution in [0.3, 0.4) is 0 Å². The fourth-order valence-electron chi connectivity index (χ4n) is 3.76. The summed E-state index contributed by atoms with van der Waals surface area (Å²) in [6.45, 7) is 4.01. The number of nitrogens with zero attached hydrogens (tertiary/aromatic N) is 3. The van der Waals surface area contributed by atoms with Crippen molar-refractivity contribution in [1.82, 2.24) is 20.2 Å². The zero-order valence-electron chi connectivity index (χ0n) is 17.3. The van der Waals surface area contributed by atoms with Gasteiger partial charge in [-0.1, -0.05) is 48.0 Å². The Morgan fingerprint density at radius 2 is 2.23 bits per heavy atom. The predicted molar refractivity (Wildman–Crippen MR) is 115 cm³/mol. The number of H-pyrrole nitrogens is 1. The highest BCUT2D eigenvalue weighted by Crippen LogP contribution is 2.35. The number of hydrogen-bond donors (Lipinski definition) is 2. The summed E-state index contributed by atoms with van der Waals surface area (Å²) in [5.41, 5.74) is 1.92. The summed E-state index contributed by atoms with van der Waals surface area (Å²) in [5.74, 6) is -0.0244. The number of aromatic amines is 1. The van der Waals surface area contributed by atoms with Gasteiger partial charge in [-0.15, -0.1) is 0 Å². The number of amides is 2. The van der Waals surface area contributed by atoms with Gasteiger partial charge in [-0.25, -0.2) is 9.78 Å². The average Bonchev–Trinajstić information content (AvgIpc) is 3.38. The Balaban J connectivity index is 1.84. The number of methoxy groups -OCH3 is 1. The Kier molecular flexibility index (Phi) is 6.98. The summed E-state index contributed by atoms with van der Waals surface area (Å²) in [7, 11) is 1.26. The van der Waals surface area contributed by atoms with Gasteiger partial charge in [0.25, 0.3) is 0 Å². The van der Waals surface area contributed by atoms with Crippen LogP contribution in [0.15, 0.2) is 24.4 Å². The molecule has 2 aliphatic rings. The number of halogens is 1. The molecule has 30 heavy (non-hydrogen) atoms. The van der Waals surface area contributed by atoms with Crippen LogP contribution in [0.1, 0.15) is 44.2 Å². The van der Waals surface area contributed by atoms with E-state index in [0.717, 1.165) is 17.7 Å². The topological polar surface area (TPSA) is 111 Å². The molecule has 2 amide bonds. The first-order valence-corrected chi connectivity index (χ1v) is 10.9. The van der Waals surface area contributed by atoms with E-state index in [4.69, 9.17) is 0 Å². The van der Waals surface area contributed by atoms with E-state index in [-0.39, 0.29) is 23.8 Å². The van der Waals surface area contributed by atoms with Crippen LogP contribution < -0.4 is 5.32 Å². The Morgan fingerprint density at radius 1 is 1.47 bits per heavy atom. The minimum atomic E-state index is -0.744. The van der Waals surface area contributed by atoms with Gasteiger partial charge in [0.2, 0.25) is 5.91 Å². The molecule has 8 nitrogen and oxygen atoms in total. The Hall–Kier alpha value is -2.60. The molecular weight excluding hydrogens is 450 g/mol. The van der Waals surface area contributed by atoms with Crippen LogP contribution in [0.5, 0.6) is 0 Å². The molecule has 3 rings (SSSR count). The van der Waals surface area contributed by atoms with E-state index < -0.39 is 12.1 Å². The second-order valence-corrected chi connectivity index (χ2v) is 9.05. The van der Waals surface area contributed by atoms with E-state index in [1.165, 1.54) is 7.11 Å². The third kappa shape index (κ3) is 4.75. The van der Waals surface area contributed by atoms with Gasteiger partial charge in [-0.2, -0.15) is 5.26 Å². The van der Waals surface area contributed by atoms with Crippen LogP contribution in [-0.2, 0) is 9.53 Å². The smallest absolute Gasteiger partial charge is 0.407 e. The van der Waals surface area contributed by atoms with Crippen LogP contribution in [0.2, 0.25) is 0 Å². The molecule has 2 heterocycles. The van der Waals surface area contributed by atoms with Crippen molar-refractivity contribution in [2.45, 2.75) is 43.6 Å². The van der Waals surface area contributed by atoms with Crippen LogP contribution in [-0.4, -0.2) is 51.4 Å². The van der Waals surface area contributed by atoms with Crippen molar-refractivity contribution in [3.63, 3.8) is 0 Å². The fraction of sp³-hybridized carbons (Fsp3) is 0.524. The molecule has 0 bridgehead atoms. The standard InChI is InChI=1S/C21H26BrN5O3/c1-12(2)18(26-21(29)30-3)20(28)27-11-13(9-23)8-17(27)19-24-10-16(25-19)14-4-6-15(22)7-5-14/h4-6,10,12-13,15,17-18H,7-8,11H2,1-3H3,(H,24,25)(H,26,29)/t13-,15?,17-,18-/m0/s1. The number of allylic oxidation sites excluding steroid dienone is 4. The summed E-state index contributed by atoms with van der Waals surface area (Å²) in [5, 5.41) is 12.1. The molecular formula is C21H26BrN5O3. The average molecular weight is 476 g/mol. The van der Waals surface area contributed by atoms with Crippen molar-refractivity contribution in [3.8, 4) is 6.07 Å². The van der Waals surface area contributed by atoms with E-state index >= 15 is 0 Å². The lowest BCUT2D eigenvalue weighted by molar-refractivity contribution is -0.135. The van der Waals surface area contributed by atoms with Crippen molar-refractivity contribution >= 4 is 33.5 Å². The van der Waals surface area contributed by atoms with Crippen molar-refractivity contribution in [2.24, 2.45) is 11.8 Å². The molecule has 1 saturated heterocycles. The van der Waals surface area contributed by atoms with Gasteiger partial charge in [-0.05, 0) is 24.3 Å². The molecule has 9 heteroatoms. The zero-order valence-corrected chi connectivity index (χ0v) is 18.8. The minimum Gasteiger partial charge on any atom is -0.453 e. The van der Waals surface area contributed by atoms with Gasteiger partial charge in [0.1, 0.15) is 11.9 Å². The monoisotopic (exact) mass is 475 g/mol. The number of imidazole rings is 1. The lowest BCUT2D eigenvalue weighted by atomic mass is 10.0. The van der Waals surface area contributed by atoms with Gasteiger partial charge in [0, 0.05) is 11.4 Å². The van der Waals surface area contributed by atoms with Crippen LogP contribution >= 0.6 is 15.9 Å². The second kappa shape index (κ2) is 9.47. The van der Waals surface area contributed by atoms with E-state index in [9.17, 15) is 14.9 Å². The molecule has 160 valence electrons. The van der Waals surface area contributed by atoms with Gasteiger partial charge in [-0.3, -0.25) is 4.79 Å². The lowest BCUT2D eigenvalue weighted by Gasteiger charge is -2.29. The van der Waals surface area contributed by atoms with Crippen molar-refractivity contribution in [3.05, 3.63) is 35.9 Å². The molecule has 1 fully saturated rings. The summed E-state index contributed by atoms with van der Waals surface area (Å²) in [4.78, 5) is 34.9. The number of alkyl carbamates (subject to hydrolysis) is 1. The SMILES string of the molecule is COC(=O)N[C@H](C(=O)N1C[C@H](C#N)C[C@H]1c1ncc(C2=CCC(Br)C=C2)[nH]1)C(C)C. The van der Waals surface area contributed by atoms with Crippen molar-refractivity contribution in [2.75, 3.05) is 13.7 Å². The molecule has 1 unspecified atom stereocenters. The maximum atomic E-state index is 13.3. The first-order valence-electron chi connectivity index (χ1n) is 9.96. The Morgan fingerprint density at radius 3 is 2.83 bits per heavy atom. The summed E-state index contributed by atoms with van der Waals surface area (Å²) < 4.78 is 4.67. The molecule has 1 aromatic rings. The number of carbonyl (C=O) groups excluding carboxylic acids is 2. The van der Waals surface area contributed by atoms with E-state index in [0.29, 0.717) is 23.6 Å². The van der Waals surface area contributed by atoms with Crippen LogP contribution in [0, 0.1) is 23.2 Å². The number of nitriles is 1. The minimum absolute atomic E-state index is 0.139.